The molecule has 4 nitrogen and oxygen atoms in total. The van der Waals surface area contributed by atoms with Crippen LogP contribution in [0.25, 0.3) is 10.9 Å². The van der Waals surface area contributed by atoms with Crippen LogP contribution in [0.4, 0.5) is 0 Å². The van der Waals surface area contributed by atoms with Crippen LogP contribution in [-0.2, 0) is 22.5 Å². The Kier molecular flexibility index (Phi) is 4.85. The van der Waals surface area contributed by atoms with E-state index in [1.54, 1.807) is 7.11 Å². The van der Waals surface area contributed by atoms with Crippen LogP contribution in [-0.4, -0.2) is 24.8 Å². The van der Waals surface area contributed by atoms with Crippen molar-refractivity contribution in [3.63, 3.8) is 0 Å². The van der Waals surface area contributed by atoms with Gasteiger partial charge in [0.1, 0.15) is 5.75 Å². The molecule has 0 amide bonds. The zero-order valence-corrected chi connectivity index (χ0v) is 14.0. The lowest BCUT2D eigenvalue weighted by molar-refractivity contribution is -0.140. The Hall–Kier alpha value is -2.75. The van der Waals surface area contributed by atoms with Gasteiger partial charge in [-0.25, -0.2) is 0 Å². The van der Waals surface area contributed by atoms with E-state index in [1.165, 1.54) is 12.7 Å². The molecule has 0 aliphatic heterocycles. The molecule has 3 rings (SSSR count). The summed E-state index contributed by atoms with van der Waals surface area (Å²) >= 11 is 0. The van der Waals surface area contributed by atoms with Crippen molar-refractivity contribution in [2.75, 3.05) is 14.2 Å². The Morgan fingerprint density at radius 1 is 1.08 bits per heavy atom. The molecule has 0 unspecified atom stereocenters. The molecule has 0 atom stereocenters. The van der Waals surface area contributed by atoms with Crippen molar-refractivity contribution in [2.45, 2.75) is 19.4 Å². The quantitative estimate of drug-likeness (QED) is 0.648. The summed E-state index contributed by atoms with van der Waals surface area (Å²) in [5.41, 5.74) is 3.51. The largest absolute Gasteiger partial charge is 0.497 e. The van der Waals surface area contributed by atoms with Gasteiger partial charge in [-0.05, 0) is 35.7 Å². The van der Waals surface area contributed by atoms with Crippen LogP contribution in [0.2, 0.25) is 0 Å². The fourth-order valence-corrected chi connectivity index (χ4v) is 2.93. The molecule has 0 bridgehead atoms. The predicted molar refractivity (Wildman–Crippen MR) is 94.4 cm³/mol. The minimum Gasteiger partial charge on any atom is -0.497 e. The van der Waals surface area contributed by atoms with Crippen LogP contribution in [0.15, 0.2) is 54.7 Å². The maximum absolute atomic E-state index is 11.5. The second-order valence-corrected chi connectivity index (χ2v) is 5.73. The third-order valence-electron chi connectivity index (χ3n) is 4.19. The van der Waals surface area contributed by atoms with Gasteiger partial charge >= 0.3 is 5.97 Å². The van der Waals surface area contributed by atoms with Crippen LogP contribution in [0, 0.1) is 0 Å². The molecule has 1 aromatic heterocycles. The van der Waals surface area contributed by atoms with Crippen LogP contribution in [0.5, 0.6) is 5.75 Å². The third kappa shape index (κ3) is 3.43. The second kappa shape index (κ2) is 7.21. The second-order valence-electron chi connectivity index (χ2n) is 5.73. The van der Waals surface area contributed by atoms with Gasteiger partial charge in [-0.3, -0.25) is 4.79 Å². The number of fused-ring (bicyclic) bond motifs is 1. The normalized spacial score (nSPS) is 10.8. The molecule has 0 aliphatic rings. The van der Waals surface area contributed by atoms with Gasteiger partial charge in [-0.15, -0.1) is 0 Å². The number of hydrogen-bond donors (Lipinski definition) is 0. The molecule has 2 aromatic carbocycles. The number of benzene rings is 2. The monoisotopic (exact) mass is 323 g/mol. The number of carbonyl (C=O) groups is 1. The number of aromatic nitrogens is 1. The highest BCUT2D eigenvalue weighted by atomic mass is 16.5. The van der Waals surface area contributed by atoms with Crippen LogP contribution >= 0.6 is 0 Å². The summed E-state index contributed by atoms with van der Waals surface area (Å²) in [7, 11) is 3.08. The van der Waals surface area contributed by atoms with Gasteiger partial charge in [0.25, 0.3) is 0 Å². The Bertz CT molecular complexity index is 837. The number of esters is 1. The molecule has 1 heterocycles. The molecule has 0 N–H and O–H groups in total. The van der Waals surface area contributed by atoms with Crippen molar-refractivity contribution < 1.29 is 14.3 Å². The van der Waals surface area contributed by atoms with E-state index in [9.17, 15) is 4.79 Å². The summed E-state index contributed by atoms with van der Waals surface area (Å²) in [6.45, 7) is 0.794. The maximum atomic E-state index is 11.5. The number of aryl methyl sites for hydroxylation is 1. The Morgan fingerprint density at radius 3 is 2.58 bits per heavy atom. The minimum atomic E-state index is -0.193. The molecule has 24 heavy (non-hydrogen) atoms. The Balaban J connectivity index is 1.98. The lowest BCUT2D eigenvalue weighted by Gasteiger charge is -2.06. The van der Waals surface area contributed by atoms with E-state index in [0.29, 0.717) is 12.8 Å². The average molecular weight is 323 g/mol. The number of methoxy groups -OCH3 is 2. The summed E-state index contributed by atoms with van der Waals surface area (Å²) in [6, 6.07) is 16.4. The molecule has 3 aromatic rings. The van der Waals surface area contributed by atoms with Crippen molar-refractivity contribution >= 4 is 16.9 Å². The van der Waals surface area contributed by atoms with Crippen molar-refractivity contribution in [3.8, 4) is 5.75 Å². The fraction of sp³-hybridized carbons (Fsp3) is 0.250. The number of rotatable bonds is 6. The average Bonchev–Trinajstić information content (AvgIpc) is 2.97. The van der Waals surface area contributed by atoms with Crippen molar-refractivity contribution in [1.29, 1.82) is 0 Å². The van der Waals surface area contributed by atoms with E-state index < -0.39 is 0 Å². The van der Waals surface area contributed by atoms with E-state index >= 15 is 0 Å². The number of hydrogen-bond acceptors (Lipinski definition) is 3. The van der Waals surface area contributed by atoms with E-state index in [0.717, 1.165) is 28.8 Å². The highest BCUT2D eigenvalue weighted by Crippen LogP contribution is 2.27. The number of carbonyl (C=O) groups excluding carboxylic acids is 1. The van der Waals surface area contributed by atoms with Crippen LogP contribution in [0.3, 0.4) is 0 Å². The molecular formula is C20H21NO3. The molecule has 124 valence electrons. The van der Waals surface area contributed by atoms with E-state index in [1.807, 2.05) is 30.3 Å². The molecule has 0 aliphatic carbocycles. The molecule has 0 saturated heterocycles. The van der Waals surface area contributed by atoms with Crippen molar-refractivity contribution in [3.05, 3.63) is 65.9 Å². The molecule has 0 fully saturated rings. The topological polar surface area (TPSA) is 40.5 Å². The molecule has 0 spiro atoms. The zero-order valence-electron chi connectivity index (χ0n) is 14.0. The summed E-state index contributed by atoms with van der Waals surface area (Å²) in [4.78, 5) is 11.5. The lowest BCUT2D eigenvalue weighted by atomic mass is 10.1. The van der Waals surface area contributed by atoms with Gasteiger partial charge in [-0.1, -0.05) is 30.3 Å². The number of ether oxygens (including phenoxy) is 2. The van der Waals surface area contributed by atoms with Gasteiger partial charge < -0.3 is 14.0 Å². The first kappa shape index (κ1) is 16.1. The third-order valence-corrected chi connectivity index (χ3v) is 4.19. The Labute approximate surface area is 141 Å². The summed E-state index contributed by atoms with van der Waals surface area (Å²) in [5.74, 6) is 0.626. The van der Waals surface area contributed by atoms with Gasteiger partial charge in [0, 0.05) is 30.1 Å². The van der Waals surface area contributed by atoms with Crippen LogP contribution in [0.1, 0.15) is 17.5 Å². The first-order valence-electron chi connectivity index (χ1n) is 7.97. The zero-order chi connectivity index (χ0) is 16.9. The first-order chi connectivity index (χ1) is 11.7. The van der Waals surface area contributed by atoms with Crippen LogP contribution < -0.4 is 4.74 Å². The summed E-state index contributed by atoms with van der Waals surface area (Å²) in [5, 5.41) is 1.12. The SMILES string of the molecule is COC(=O)CCc1cn(Cc2ccccc2)c2ccc(OC)cc12. The standard InChI is InChI=1S/C20H21NO3/c1-23-17-9-10-19-18(12-17)16(8-11-20(22)24-2)14-21(19)13-15-6-4-3-5-7-15/h3-7,9-10,12,14H,8,11,13H2,1-2H3. The highest BCUT2D eigenvalue weighted by molar-refractivity contribution is 5.86. The van der Waals surface area contributed by atoms with Crippen molar-refractivity contribution in [2.24, 2.45) is 0 Å². The maximum Gasteiger partial charge on any atom is 0.305 e. The van der Waals surface area contributed by atoms with Gasteiger partial charge in [0.15, 0.2) is 0 Å². The van der Waals surface area contributed by atoms with E-state index in [2.05, 4.69) is 29.0 Å². The summed E-state index contributed by atoms with van der Waals surface area (Å²) in [6.07, 6.45) is 3.15. The van der Waals surface area contributed by atoms with E-state index in [4.69, 9.17) is 9.47 Å². The van der Waals surface area contributed by atoms with Gasteiger partial charge in [0.05, 0.1) is 14.2 Å². The molecule has 0 saturated carbocycles. The Morgan fingerprint density at radius 2 is 1.88 bits per heavy atom. The number of nitrogens with zero attached hydrogens (tertiary/aromatic N) is 1. The molecule has 0 radical (unpaired) electrons. The lowest BCUT2D eigenvalue weighted by Crippen LogP contribution is -2.01. The van der Waals surface area contributed by atoms with E-state index in [-0.39, 0.29) is 5.97 Å². The van der Waals surface area contributed by atoms with Crippen molar-refractivity contribution in [1.82, 2.24) is 4.57 Å². The van der Waals surface area contributed by atoms with Gasteiger partial charge in [-0.2, -0.15) is 0 Å². The molecule has 4 heteroatoms. The van der Waals surface area contributed by atoms with Gasteiger partial charge in [0.2, 0.25) is 0 Å². The molecular weight excluding hydrogens is 302 g/mol. The predicted octanol–water partition coefficient (Wildman–Crippen LogP) is 3.80. The first-order valence-corrected chi connectivity index (χ1v) is 7.97. The highest BCUT2D eigenvalue weighted by Gasteiger charge is 2.12. The fourth-order valence-electron chi connectivity index (χ4n) is 2.93. The smallest absolute Gasteiger partial charge is 0.305 e. The minimum absolute atomic E-state index is 0.193. The summed E-state index contributed by atoms with van der Waals surface area (Å²) < 4.78 is 12.3.